The van der Waals surface area contributed by atoms with Crippen molar-refractivity contribution in [3.8, 4) is 0 Å². The van der Waals surface area contributed by atoms with Crippen LogP contribution in [0.4, 0.5) is 5.82 Å². The lowest BCUT2D eigenvalue weighted by molar-refractivity contribution is -0.137. The van der Waals surface area contributed by atoms with Crippen LogP contribution in [0.3, 0.4) is 0 Å². The molecule has 0 spiro atoms. The first-order chi connectivity index (χ1) is 9.45. The van der Waals surface area contributed by atoms with Gasteiger partial charge in [-0.1, -0.05) is 0 Å². The summed E-state index contributed by atoms with van der Waals surface area (Å²) in [6, 6.07) is 1.52. The van der Waals surface area contributed by atoms with Gasteiger partial charge >= 0.3 is 5.97 Å². The van der Waals surface area contributed by atoms with Crippen molar-refractivity contribution >= 4 is 17.7 Å². The molecule has 0 atom stereocenters. The topological polar surface area (TPSA) is 110 Å². The van der Waals surface area contributed by atoms with Crippen LogP contribution >= 0.6 is 0 Å². The van der Waals surface area contributed by atoms with Crippen molar-refractivity contribution in [2.24, 2.45) is 0 Å². The number of aromatic nitrogens is 4. The Labute approximate surface area is 114 Å². The van der Waals surface area contributed by atoms with Gasteiger partial charge < -0.3 is 10.4 Å². The molecule has 0 saturated carbocycles. The van der Waals surface area contributed by atoms with Gasteiger partial charge in [0.1, 0.15) is 12.4 Å². The van der Waals surface area contributed by atoms with Crippen molar-refractivity contribution in [3.05, 3.63) is 35.5 Å². The number of aryl methyl sites for hydroxylation is 2. The third-order valence-corrected chi connectivity index (χ3v) is 2.52. The summed E-state index contributed by atoms with van der Waals surface area (Å²) in [7, 11) is 0. The molecule has 0 unspecified atom stereocenters. The average molecular weight is 275 g/mol. The maximum absolute atomic E-state index is 12.0. The zero-order chi connectivity index (χ0) is 14.7. The average Bonchev–Trinajstić information content (AvgIpc) is 2.75. The smallest absolute Gasteiger partial charge is 0.325 e. The molecule has 20 heavy (non-hydrogen) atoms. The van der Waals surface area contributed by atoms with Crippen molar-refractivity contribution in [1.29, 1.82) is 0 Å². The first-order valence-corrected chi connectivity index (χ1v) is 5.82. The van der Waals surface area contributed by atoms with Crippen LogP contribution in [0.5, 0.6) is 0 Å². The molecular weight excluding hydrogens is 262 g/mol. The molecule has 0 aliphatic heterocycles. The molecule has 0 aliphatic carbocycles. The van der Waals surface area contributed by atoms with Gasteiger partial charge in [-0.05, 0) is 13.8 Å². The Morgan fingerprint density at radius 3 is 2.80 bits per heavy atom. The number of carboxylic acids is 1. The van der Waals surface area contributed by atoms with Gasteiger partial charge in [-0.25, -0.2) is 9.97 Å². The largest absolute Gasteiger partial charge is 0.480 e. The molecule has 0 bridgehead atoms. The molecule has 2 aromatic heterocycles. The van der Waals surface area contributed by atoms with Gasteiger partial charge in [-0.2, -0.15) is 5.10 Å². The van der Waals surface area contributed by atoms with Crippen molar-refractivity contribution in [1.82, 2.24) is 19.7 Å². The molecule has 2 rings (SSSR count). The first kappa shape index (κ1) is 13.7. The van der Waals surface area contributed by atoms with Crippen LogP contribution in [0.1, 0.15) is 21.9 Å². The Morgan fingerprint density at radius 1 is 1.40 bits per heavy atom. The Hall–Kier alpha value is -2.77. The lowest BCUT2D eigenvalue weighted by atomic mass is 10.2. The normalized spacial score (nSPS) is 10.3. The first-order valence-electron chi connectivity index (χ1n) is 5.82. The van der Waals surface area contributed by atoms with Gasteiger partial charge in [0.2, 0.25) is 0 Å². The van der Waals surface area contributed by atoms with E-state index in [1.165, 1.54) is 23.1 Å². The number of nitrogens with zero attached hydrogens (tertiary/aromatic N) is 4. The van der Waals surface area contributed by atoms with Crippen LogP contribution in [-0.4, -0.2) is 36.7 Å². The van der Waals surface area contributed by atoms with Gasteiger partial charge in [0.25, 0.3) is 5.91 Å². The highest BCUT2D eigenvalue weighted by Gasteiger charge is 2.12. The van der Waals surface area contributed by atoms with E-state index in [1.807, 2.05) is 0 Å². The number of anilines is 1. The second kappa shape index (κ2) is 5.47. The monoisotopic (exact) mass is 275 g/mol. The number of hydrogen-bond acceptors (Lipinski definition) is 5. The summed E-state index contributed by atoms with van der Waals surface area (Å²) < 4.78 is 1.22. The summed E-state index contributed by atoms with van der Waals surface area (Å²) in [6.45, 7) is 3.19. The minimum Gasteiger partial charge on any atom is -0.480 e. The fourth-order valence-corrected chi connectivity index (χ4v) is 1.64. The summed E-state index contributed by atoms with van der Waals surface area (Å²) in [4.78, 5) is 30.6. The molecule has 2 N–H and O–H groups in total. The molecule has 8 nitrogen and oxygen atoms in total. The molecule has 2 heterocycles. The van der Waals surface area contributed by atoms with Gasteiger partial charge in [-0.15, -0.1) is 0 Å². The van der Waals surface area contributed by atoms with Crippen LogP contribution < -0.4 is 5.32 Å². The highest BCUT2D eigenvalue weighted by molar-refractivity contribution is 6.04. The molecule has 8 heteroatoms. The Morgan fingerprint density at radius 2 is 2.15 bits per heavy atom. The second-order valence-electron chi connectivity index (χ2n) is 4.16. The molecule has 0 fully saturated rings. The van der Waals surface area contributed by atoms with Gasteiger partial charge in [0, 0.05) is 18.5 Å². The zero-order valence-electron chi connectivity index (χ0n) is 11.0. The zero-order valence-corrected chi connectivity index (χ0v) is 11.0. The number of aliphatic carboxylic acids is 1. The van der Waals surface area contributed by atoms with Crippen LogP contribution in [0.25, 0.3) is 0 Å². The Balaban J connectivity index is 2.11. The predicted octanol–water partition coefficient (Wildman–Crippen LogP) is 0.627. The van der Waals surface area contributed by atoms with E-state index in [0.717, 1.165) is 0 Å². The molecule has 0 radical (unpaired) electrons. The summed E-state index contributed by atoms with van der Waals surface area (Å²) in [5.74, 6) is -0.530. The molecule has 0 saturated heterocycles. The number of hydrogen-bond donors (Lipinski definition) is 2. The van der Waals surface area contributed by atoms with Gasteiger partial charge in [0.15, 0.2) is 5.82 Å². The summed E-state index contributed by atoms with van der Waals surface area (Å²) in [5.41, 5.74) is 0.920. The summed E-state index contributed by atoms with van der Waals surface area (Å²) in [5, 5.41) is 15.1. The summed E-state index contributed by atoms with van der Waals surface area (Å²) >= 11 is 0. The third-order valence-electron chi connectivity index (χ3n) is 2.52. The van der Waals surface area contributed by atoms with E-state index in [9.17, 15) is 9.59 Å². The van der Waals surface area contributed by atoms with E-state index in [4.69, 9.17) is 5.11 Å². The fraction of sp³-hybridized carbons (Fsp3) is 0.250. The van der Waals surface area contributed by atoms with Gasteiger partial charge in [-0.3, -0.25) is 14.3 Å². The Bertz CT molecular complexity index is 665. The lowest BCUT2D eigenvalue weighted by Crippen LogP contribution is -2.16. The maximum atomic E-state index is 12.0. The van der Waals surface area contributed by atoms with Crippen molar-refractivity contribution < 1.29 is 14.7 Å². The molecule has 0 aliphatic rings. The van der Waals surface area contributed by atoms with Gasteiger partial charge in [0.05, 0.1) is 11.3 Å². The molecular formula is C12H13N5O3. The highest BCUT2D eigenvalue weighted by Crippen LogP contribution is 2.08. The number of carboxylic acid groups (broad SMARTS) is 1. The molecule has 104 valence electrons. The maximum Gasteiger partial charge on any atom is 0.325 e. The van der Waals surface area contributed by atoms with E-state index in [2.05, 4.69) is 20.4 Å². The Kier molecular flexibility index (Phi) is 3.74. The standard InChI is InChI=1S/C12H13N5O3/c1-7-9(5-13-8(2)14-7)12(20)15-10-3-4-17(16-10)6-11(18)19/h3-5H,6H2,1-2H3,(H,18,19)(H,15,16,20). The van der Waals surface area contributed by atoms with Crippen LogP contribution in [0, 0.1) is 13.8 Å². The van der Waals surface area contributed by atoms with Crippen LogP contribution in [-0.2, 0) is 11.3 Å². The number of carbonyl (C=O) groups excluding carboxylic acids is 1. The molecule has 0 aromatic carbocycles. The van der Waals surface area contributed by atoms with Crippen molar-refractivity contribution in [3.63, 3.8) is 0 Å². The highest BCUT2D eigenvalue weighted by atomic mass is 16.4. The van der Waals surface area contributed by atoms with E-state index in [0.29, 0.717) is 17.1 Å². The van der Waals surface area contributed by atoms with E-state index < -0.39 is 5.97 Å². The fourth-order valence-electron chi connectivity index (χ4n) is 1.64. The van der Waals surface area contributed by atoms with Crippen molar-refractivity contribution in [2.45, 2.75) is 20.4 Å². The number of rotatable bonds is 4. The van der Waals surface area contributed by atoms with E-state index in [-0.39, 0.29) is 18.3 Å². The third kappa shape index (κ3) is 3.16. The number of nitrogens with one attached hydrogen (secondary N) is 1. The minimum atomic E-state index is -1.01. The lowest BCUT2D eigenvalue weighted by Gasteiger charge is -2.05. The van der Waals surface area contributed by atoms with Crippen LogP contribution in [0.2, 0.25) is 0 Å². The number of carbonyl (C=O) groups is 2. The van der Waals surface area contributed by atoms with E-state index in [1.54, 1.807) is 13.8 Å². The quantitative estimate of drug-likeness (QED) is 0.846. The predicted molar refractivity (Wildman–Crippen MR) is 69.3 cm³/mol. The van der Waals surface area contributed by atoms with E-state index >= 15 is 0 Å². The SMILES string of the molecule is Cc1ncc(C(=O)Nc2ccn(CC(=O)O)n2)c(C)n1. The molecule has 2 aromatic rings. The summed E-state index contributed by atoms with van der Waals surface area (Å²) in [6.07, 6.45) is 2.92. The minimum absolute atomic E-state index is 0.261. The second-order valence-corrected chi connectivity index (χ2v) is 4.16. The van der Waals surface area contributed by atoms with Crippen molar-refractivity contribution in [2.75, 3.05) is 5.32 Å². The molecule has 1 amide bonds. The van der Waals surface area contributed by atoms with Crippen LogP contribution in [0.15, 0.2) is 18.5 Å². The number of amides is 1.